The van der Waals surface area contributed by atoms with E-state index >= 15 is 0 Å². The Hall–Kier alpha value is -0.550. The molecule has 3 N–H and O–H groups in total. The van der Waals surface area contributed by atoms with Gasteiger partial charge >= 0.3 is 6.09 Å². The standard InChI is InChI=1S/C16H27BrN4O2S.HI/c1-16(2,3)23-15(22)21-10-5-9-19-14(18-4)20-11-8-12-6-7-13(17)24-12;/h6-7H,5,8-11H2,1-4H3,(H,21,22)(H2,18,19,20);1H. The van der Waals surface area contributed by atoms with Crippen LogP contribution in [0.2, 0.25) is 0 Å². The second-order valence-electron chi connectivity index (χ2n) is 6.16. The Kier molecular flexibility index (Phi) is 12.5. The molecule has 0 aliphatic carbocycles. The Morgan fingerprint density at radius 2 is 1.84 bits per heavy atom. The lowest BCUT2D eigenvalue weighted by atomic mass is 10.2. The number of hydrogen-bond donors (Lipinski definition) is 3. The number of guanidine groups is 1. The summed E-state index contributed by atoms with van der Waals surface area (Å²) in [6.07, 6.45) is 1.36. The fraction of sp³-hybridized carbons (Fsp3) is 0.625. The minimum atomic E-state index is -0.466. The van der Waals surface area contributed by atoms with Gasteiger partial charge in [0.25, 0.3) is 0 Å². The van der Waals surface area contributed by atoms with Crippen LogP contribution in [0.5, 0.6) is 0 Å². The van der Waals surface area contributed by atoms with Crippen molar-refractivity contribution in [3.8, 4) is 0 Å². The fourth-order valence-electron chi connectivity index (χ4n) is 1.81. The Morgan fingerprint density at radius 3 is 2.40 bits per heavy atom. The molecule has 25 heavy (non-hydrogen) atoms. The number of halogens is 2. The van der Waals surface area contributed by atoms with Crippen LogP contribution in [-0.2, 0) is 11.2 Å². The number of hydrogen-bond acceptors (Lipinski definition) is 4. The lowest BCUT2D eigenvalue weighted by Crippen LogP contribution is -2.40. The number of carbonyl (C=O) groups is 1. The van der Waals surface area contributed by atoms with E-state index in [-0.39, 0.29) is 30.1 Å². The number of nitrogens with one attached hydrogen (secondary N) is 3. The van der Waals surface area contributed by atoms with Gasteiger partial charge in [-0.2, -0.15) is 0 Å². The lowest BCUT2D eigenvalue weighted by molar-refractivity contribution is 0.0527. The summed E-state index contributed by atoms with van der Waals surface area (Å²) in [6.45, 7) is 7.64. The van der Waals surface area contributed by atoms with E-state index in [9.17, 15) is 4.79 Å². The molecular formula is C16H28BrIN4O2S. The summed E-state index contributed by atoms with van der Waals surface area (Å²) in [5.74, 6) is 0.767. The molecule has 0 radical (unpaired) electrons. The molecule has 0 saturated carbocycles. The topological polar surface area (TPSA) is 74.8 Å². The average Bonchev–Trinajstić information content (AvgIpc) is 2.88. The third kappa shape index (κ3) is 12.4. The minimum absolute atomic E-state index is 0. The third-order valence-corrected chi connectivity index (χ3v) is 4.51. The molecule has 9 heteroatoms. The number of amides is 1. The molecule has 1 aromatic heterocycles. The van der Waals surface area contributed by atoms with E-state index in [0.29, 0.717) is 6.54 Å². The van der Waals surface area contributed by atoms with Crippen molar-refractivity contribution in [2.75, 3.05) is 26.7 Å². The van der Waals surface area contributed by atoms with Gasteiger partial charge in [-0.15, -0.1) is 35.3 Å². The molecule has 6 nitrogen and oxygen atoms in total. The average molecular weight is 547 g/mol. The monoisotopic (exact) mass is 546 g/mol. The maximum absolute atomic E-state index is 11.5. The highest BCUT2D eigenvalue weighted by Gasteiger charge is 2.15. The molecule has 0 atom stereocenters. The predicted octanol–water partition coefficient (Wildman–Crippen LogP) is 3.75. The smallest absolute Gasteiger partial charge is 0.407 e. The molecule has 0 saturated heterocycles. The largest absolute Gasteiger partial charge is 0.444 e. The molecule has 0 spiro atoms. The number of thiophene rings is 1. The van der Waals surface area contributed by atoms with Crippen LogP contribution < -0.4 is 16.0 Å². The van der Waals surface area contributed by atoms with Crippen LogP contribution in [0.15, 0.2) is 20.9 Å². The number of carbonyl (C=O) groups excluding carboxylic acids is 1. The van der Waals surface area contributed by atoms with Crippen LogP contribution in [-0.4, -0.2) is 44.3 Å². The Bertz CT molecular complexity index is 546. The van der Waals surface area contributed by atoms with Crippen LogP contribution in [0.25, 0.3) is 0 Å². The highest BCUT2D eigenvalue weighted by molar-refractivity contribution is 14.0. The van der Waals surface area contributed by atoms with Crippen LogP contribution >= 0.6 is 51.2 Å². The summed E-state index contributed by atoms with van der Waals surface area (Å²) in [7, 11) is 1.75. The molecule has 0 bridgehead atoms. The molecule has 0 aliphatic heterocycles. The van der Waals surface area contributed by atoms with Gasteiger partial charge in [-0.3, -0.25) is 4.99 Å². The fourth-order valence-corrected chi connectivity index (χ4v) is 3.29. The van der Waals surface area contributed by atoms with Crippen molar-refractivity contribution in [1.82, 2.24) is 16.0 Å². The van der Waals surface area contributed by atoms with Crippen molar-refractivity contribution in [2.45, 2.75) is 39.2 Å². The van der Waals surface area contributed by atoms with Crippen LogP contribution in [0, 0.1) is 0 Å². The van der Waals surface area contributed by atoms with Crippen molar-refractivity contribution >= 4 is 63.3 Å². The summed E-state index contributed by atoms with van der Waals surface area (Å²) in [5.41, 5.74) is -0.466. The number of alkyl carbamates (subject to hydrolysis) is 1. The van der Waals surface area contributed by atoms with Crippen molar-refractivity contribution in [3.05, 3.63) is 20.8 Å². The lowest BCUT2D eigenvalue weighted by Gasteiger charge is -2.19. The quantitative estimate of drug-likeness (QED) is 0.211. The van der Waals surface area contributed by atoms with Gasteiger partial charge in [0.05, 0.1) is 3.79 Å². The number of ether oxygens (including phenoxy) is 1. The predicted molar refractivity (Wildman–Crippen MR) is 119 cm³/mol. The van der Waals surface area contributed by atoms with Gasteiger partial charge in [0, 0.05) is 31.6 Å². The summed E-state index contributed by atoms with van der Waals surface area (Å²) in [5, 5.41) is 9.23. The second kappa shape index (κ2) is 12.7. The molecule has 0 fully saturated rings. The first-order valence-corrected chi connectivity index (χ1v) is 9.56. The molecule has 0 aliphatic rings. The van der Waals surface area contributed by atoms with E-state index in [1.807, 2.05) is 20.8 Å². The SMILES string of the molecule is CN=C(NCCCNC(=O)OC(C)(C)C)NCCc1ccc(Br)s1.I. The van der Waals surface area contributed by atoms with E-state index in [1.165, 1.54) is 4.88 Å². The zero-order valence-corrected chi connectivity index (χ0v) is 19.9. The minimum Gasteiger partial charge on any atom is -0.444 e. The van der Waals surface area contributed by atoms with Crippen LogP contribution in [0.1, 0.15) is 32.1 Å². The zero-order valence-electron chi connectivity index (χ0n) is 15.1. The molecule has 0 unspecified atom stereocenters. The molecule has 1 heterocycles. The first kappa shape index (κ1) is 24.5. The van der Waals surface area contributed by atoms with Gasteiger partial charge < -0.3 is 20.7 Å². The molecule has 0 aromatic carbocycles. The van der Waals surface area contributed by atoms with E-state index in [1.54, 1.807) is 18.4 Å². The Balaban J connectivity index is 0.00000576. The van der Waals surface area contributed by atoms with Gasteiger partial charge in [0.15, 0.2) is 5.96 Å². The van der Waals surface area contributed by atoms with Crippen molar-refractivity contribution in [2.24, 2.45) is 4.99 Å². The number of nitrogens with zero attached hydrogens (tertiary/aromatic N) is 1. The maximum Gasteiger partial charge on any atom is 0.407 e. The van der Waals surface area contributed by atoms with E-state index < -0.39 is 5.60 Å². The molecule has 1 aromatic rings. The van der Waals surface area contributed by atoms with Crippen LogP contribution in [0.4, 0.5) is 4.79 Å². The second-order valence-corrected chi connectivity index (χ2v) is 8.71. The van der Waals surface area contributed by atoms with Gasteiger partial charge in [-0.05, 0) is 61.7 Å². The summed E-state index contributed by atoms with van der Waals surface area (Å²) in [4.78, 5) is 17.0. The molecular weight excluding hydrogens is 519 g/mol. The first-order chi connectivity index (χ1) is 11.3. The number of rotatable bonds is 7. The van der Waals surface area contributed by atoms with Crippen molar-refractivity contribution in [1.29, 1.82) is 0 Å². The number of aliphatic imine (C=N–C) groups is 1. The molecule has 144 valence electrons. The van der Waals surface area contributed by atoms with Crippen molar-refractivity contribution in [3.63, 3.8) is 0 Å². The van der Waals surface area contributed by atoms with E-state index in [0.717, 1.165) is 35.7 Å². The normalized spacial score (nSPS) is 11.5. The maximum atomic E-state index is 11.5. The summed E-state index contributed by atoms with van der Waals surface area (Å²) in [6, 6.07) is 4.18. The molecule has 1 amide bonds. The first-order valence-electron chi connectivity index (χ1n) is 7.96. The van der Waals surface area contributed by atoms with E-state index in [4.69, 9.17) is 4.74 Å². The Morgan fingerprint density at radius 1 is 1.20 bits per heavy atom. The summed E-state index contributed by atoms with van der Waals surface area (Å²) >= 11 is 5.21. The van der Waals surface area contributed by atoms with Crippen LogP contribution in [0.3, 0.4) is 0 Å². The van der Waals surface area contributed by atoms with Gasteiger partial charge in [-0.25, -0.2) is 4.79 Å². The highest BCUT2D eigenvalue weighted by Crippen LogP contribution is 2.21. The molecule has 1 rings (SSSR count). The highest BCUT2D eigenvalue weighted by atomic mass is 127. The summed E-state index contributed by atoms with van der Waals surface area (Å²) < 4.78 is 6.32. The van der Waals surface area contributed by atoms with Crippen molar-refractivity contribution < 1.29 is 9.53 Å². The van der Waals surface area contributed by atoms with Gasteiger partial charge in [0.1, 0.15) is 5.60 Å². The van der Waals surface area contributed by atoms with E-state index in [2.05, 4.69) is 49.0 Å². The third-order valence-electron chi connectivity index (χ3n) is 2.83. The van der Waals surface area contributed by atoms with Gasteiger partial charge in [0.2, 0.25) is 0 Å². The Labute approximate surface area is 179 Å². The zero-order chi connectivity index (χ0) is 18.0. The van der Waals surface area contributed by atoms with Gasteiger partial charge in [-0.1, -0.05) is 0 Å².